The number of hydrogen-bond donors (Lipinski definition) is 1. The van der Waals surface area contributed by atoms with Gasteiger partial charge in [-0.1, -0.05) is 0 Å². The molecule has 0 radical (unpaired) electrons. The molecule has 0 saturated carbocycles. The lowest BCUT2D eigenvalue weighted by molar-refractivity contribution is -0.152. The third-order valence-corrected chi connectivity index (χ3v) is 1.76. The molecule has 90 valence electrons. The highest BCUT2D eigenvalue weighted by Crippen LogP contribution is 2.31. The topological polar surface area (TPSA) is 65.5 Å². The highest BCUT2D eigenvalue weighted by atomic mass is 19.4. The number of hydrogen-bond acceptors (Lipinski definition) is 4. The van der Waals surface area contributed by atoms with Crippen LogP contribution < -0.4 is 5.73 Å². The molecule has 0 aliphatic heterocycles. The molecular weight excluding hydrogens is 227 g/mol. The van der Waals surface area contributed by atoms with Gasteiger partial charge in [-0.2, -0.15) is 13.2 Å². The number of halogens is 3. The van der Waals surface area contributed by atoms with Crippen LogP contribution in [0.5, 0.6) is 0 Å². The van der Waals surface area contributed by atoms with Crippen LogP contribution in [0.15, 0.2) is 16.5 Å². The summed E-state index contributed by atoms with van der Waals surface area (Å²) in [7, 11) is 0. The summed E-state index contributed by atoms with van der Waals surface area (Å²) in [5.41, 5.74) is 4.89. The number of nitrogens with two attached hydrogens (primary N) is 1. The van der Waals surface area contributed by atoms with Gasteiger partial charge in [-0.25, -0.2) is 4.79 Å². The fourth-order valence-corrected chi connectivity index (χ4v) is 0.993. The third-order valence-electron chi connectivity index (χ3n) is 1.76. The summed E-state index contributed by atoms with van der Waals surface area (Å²) in [5, 5.41) is 0. The van der Waals surface area contributed by atoms with Crippen molar-refractivity contribution in [1.82, 2.24) is 0 Å². The molecule has 1 aromatic heterocycles. The van der Waals surface area contributed by atoms with E-state index in [1.54, 1.807) is 6.92 Å². The van der Waals surface area contributed by atoms with Crippen LogP contribution in [0.3, 0.4) is 0 Å². The van der Waals surface area contributed by atoms with E-state index >= 15 is 0 Å². The maximum atomic E-state index is 12.2. The van der Waals surface area contributed by atoms with Gasteiger partial charge >= 0.3 is 12.1 Å². The van der Waals surface area contributed by atoms with Crippen molar-refractivity contribution in [2.24, 2.45) is 5.73 Å². The molecular formula is C9H10F3NO3. The largest absolute Gasteiger partial charge is 0.460 e. The highest BCUT2D eigenvalue weighted by Gasteiger charge is 2.40. The van der Waals surface area contributed by atoms with Gasteiger partial charge in [-0.05, 0) is 19.1 Å². The Bertz CT molecular complexity index is 372. The summed E-state index contributed by atoms with van der Waals surface area (Å²) in [6.45, 7) is 1.68. The standard InChI is InChI=1S/C9H10F3NO3/c1-2-15-8(14)6-4-3-5(16-6)7(13)9(10,11)12/h3-4,7H,2,13H2,1H3. The van der Waals surface area contributed by atoms with Crippen LogP contribution in [-0.4, -0.2) is 18.8 Å². The first-order valence-corrected chi connectivity index (χ1v) is 4.45. The first-order valence-electron chi connectivity index (χ1n) is 4.45. The molecule has 7 heteroatoms. The smallest absolute Gasteiger partial charge is 0.410 e. The van der Waals surface area contributed by atoms with Gasteiger partial charge in [-0.3, -0.25) is 0 Å². The molecule has 1 rings (SSSR count). The second-order valence-corrected chi connectivity index (χ2v) is 2.94. The van der Waals surface area contributed by atoms with E-state index < -0.39 is 23.9 Å². The Kier molecular flexibility index (Phi) is 3.58. The van der Waals surface area contributed by atoms with Crippen molar-refractivity contribution in [2.75, 3.05) is 6.61 Å². The van der Waals surface area contributed by atoms with Crippen molar-refractivity contribution in [2.45, 2.75) is 19.1 Å². The minimum atomic E-state index is -4.61. The van der Waals surface area contributed by atoms with Crippen LogP contribution in [-0.2, 0) is 4.74 Å². The predicted molar refractivity (Wildman–Crippen MR) is 47.6 cm³/mol. The zero-order chi connectivity index (χ0) is 12.3. The number of rotatable bonds is 3. The summed E-state index contributed by atoms with van der Waals surface area (Å²) in [6.07, 6.45) is -4.61. The molecule has 0 bridgehead atoms. The molecule has 0 fully saturated rings. The molecule has 0 spiro atoms. The predicted octanol–water partition coefficient (Wildman–Crippen LogP) is 2.02. The number of alkyl halides is 3. The molecule has 1 aromatic rings. The average molecular weight is 237 g/mol. The second-order valence-electron chi connectivity index (χ2n) is 2.94. The van der Waals surface area contributed by atoms with Crippen molar-refractivity contribution in [3.63, 3.8) is 0 Å². The average Bonchev–Trinajstić information content (AvgIpc) is 2.64. The Balaban J connectivity index is 2.83. The molecule has 0 saturated heterocycles. The Hall–Kier alpha value is -1.50. The van der Waals surface area contributed by atoms with Gasteiger partial charge in [-0.15, -0.1) is 0 Å². The van der Waals surface area contributed by atoms with E-state index in [-0.39, 0.29) is 12.4 Å². The Labute approximate surface area is 89.2 Å². The van der Waals surface area contributed by atoms with Crippen LogP contribution >= 0.6 is 0 Å². The van der Waals surface area contributed by atoms with Crippen molar-refractivity contribution in [3.8, 4) is 0 Å². The summed E-state index contributed by atoms with van der Waals surface area (Å²) >= 11 is 0. The fraction of sp³-hybridized carbons (Fsp3) is 0.444. The van der Waals surface area contributed by atoms with Gasteiger partial charge in [0.1, 0.15) is 5.76 Å². The molecule has 16 heavy (non-hydrogen) atoms. The van der Waals surface area contributed by atoms with Gasteiger partial charge in [0.25, 0.3) is 0 Å². The zero-order valence-corrected chi connectivity index (χ0v) is 8.38. The first-order chi connectivity index (χ1) is 7.36. The van der Waals surface area contributed by atoms with Crippen molar-refractivity contribution >= 4 is 5.97 Å². The normalized spacial score (nSPS) is 13.6. The zero-order valence-electron chi connectivity index (χ0n) is 8.38. The van der Waals surface area contributed by atoms with Crippen LogP contribution in [0, 0.1) is 0 Å². The van der Waals surface area contributed by atoms with Gasteiger partial charge in [0.2, 0.25) is 5.76 Å². The quantitative estimate of drug-likeness (QED) is 0.817. The van der Waals surface area contributed by atoms with Gasteiger partial charge in [0, 0.05) is 0 Å². The van der Waals surface area contributed by atoms with E-state index in [1.165, 1.54) is 0 Å². The number of carbonyl (C=O) groups excluding carboxylic acids is 1. The van der Waals surface area contributed by atoms with E-state index in [9.17, 15) is 18.0 Å². The van der Waals surface area contributed by atoms with E-state index in [4.69, 9.17) is 5.73 Å². The minimum absolute atomic E-state index is 0.111. The summed E-state index contributed by atoms with van der Waals surface area (Å²) in [5.74, 6) is -1.63. The second kappa shape index (κ2) is 4.56. The Morgan fingerprint density at radius 1 is 1.56 bits per heavy atom. The number of esters is 1. The first kappa shape index (κ1) is 12.6. The summed E-state index contributed by atoms with van der Waals surface area (Å²) in [4.78, 5) is 11.1. The number of carbonyl (C=O) groups is 1. The van der Waals surface area contributed by atoms with Crippen LogP contribution in [0.1, 0.15) is 29.3 Å². The number of ether oxygens (including phenoxy) is 1. The lowest BCUT2D eigenvalue weighted by Crippen LogP contribution is -2.27. The van der Waals surface area contributed by atoms with Gasteiger partial charge in [0.15, 0.2) is 6.04 Å². The molecule has 1 heterocycles. The molecule has 1 unspecified atom stereocenters. The van der Waals surface area contributed by atoms with E-state index in [1.807, 2.05) is 0 Å². The van der Waals surface area contributed by atoms with Crippen LogP contribution in [0.4, 0.5) is 13.2 Å². The van der Waals surface area contributed by atoms with Crippen LogP contribution in [0.25, 0.3) is 0 Å². The maximum Gasteiger partial charge on any atom is 0.410 e. The molecule has 1 atom stereocenters. The Morgan fingerprint density at radius 3 is 2.69 bits per heavy atom. The Morgan fingerprint density at radius 2 is 2.19 bits per heavy atom. The third kappa shape index (κ3) is 2.75. The van der Waals surface area contributed by atoms with Crippen LogP contribution in [0.2, 0.25) is 0 Å². The fourth-order valence-electron chi connectivity index (χ4n) is 0.993. The monoisotopic (exact) mass is 237 g/mol. The summed E-state index contributed by atoms with van der Waals surface area (Å²) in [6, 6.07) is -0.140. The molecule has 2 N–H and O–H groups in total. The molecule has 0 aromatic carbocycles. The molecule has 0 amide bonds. The van der Waals surface area contributed by atoms with E-state index in [2.05, 4.69) is 9.15 Å². The molecule has 0 aliphatic rings. The number of furan rings is 1. The van der Waals surface area contributed by atoms with Crippen molar-refractivity contribution in [3.05, 3.63) is 23.7 Å². The van der Waals surface area contributed by atoms with Crippen molar-refractivity contribution < 1.29 is 27.1 Å². The minimum Gasteiger partial charge on any atom is -0.460 e. The van der Waals surface area contributed by atoms with E-state index in [0.29, 0.717) is 0 Å². The van der Waals surface area contributed by atoms with Gasteiger partial charge in [0.05, 0.1) is 6.61 Å². The molecule has 4 nitrogen and oxygen atoms in total. The summed E-state index contributed by atoms with van der Waals surface area (Å²) < 4.78 is 45.8. The lowest BCUT2D eigenvalue weighted by atomic mass is 10.2. The van der Waals surface area contributed by atoms with Crippen molar-refractivity contribution in [1.29, 1.82) is 0 Å². The van der Waals surface area contributed by atoms with Gasteiger partial charge < -0.3 is 14.9 Å². The highest BCUT2D eigenvalue weighted by molar-refractivity contribution is 5.86. The molecule has 0 aliphatic carbocycles. The lowest BCUT2D eigenvalue weighted by Gasteiger charge is -2.12. The SMILES string of the molecule is CCOC(=O)c1ccc(C(N)C(F)(F)F)o1. The maximum absolute atomic E-state index is 12.2. The van der Waals surface area contributed by atoms with E-state index in [0.717, 1.165) is 12.1 Å².